The second kappa shape index (κ2) is 6.36. The summed E-state index contributed by atoms with van der Waals surface area (Å²) in [6.07, 6.45) is 1.51. The first-order chi connectivity index (χ1) is 11.8. The summed E-state index contributed by atoms with van der Waals surface area (Å²) in [5.74, 6) is -1.31. The quantitative estimate of drug-likeness (QED) is 0.677. The van der Waals surface area contributed by atoms with E-state index >= 15 is 0 Å². The molecule has 5 nitrogen and oxygen atoms in total. The zero-order valence-corrected chi connectivity index (χ0v) is 14.3. The fourth-order valence-electron chi connectivity index (χ4n) is 2.90. The van der Waals surface area contributed by atoms with Gasteiger partial charge in [0.05, 0.1) is 5.69 Å². The summed E-state index contributed by atoms with van der Waals surface area (Å²) < 4.78 is 0. The monoisotopic (exact) mass is 334 g/mol. The number of rotatable bonds is 2. The van der Waals surface area contributed by atoms with Gasteiger partial charge in [-0.05, 0) is 55.7 Å². The number of aryl methyl sites for hydroxylation is 3. The molecular weight excluding hydrogens is 316 g/mol. The number of nitrogens with zero attached hydrogens (tertiary/aromatic N) is 1. The maximum atomic E-state index is 12.8. The summed E-state index contributed by atoms with van der Waals surface area (Å²) in [7, 11) is 0. The Balaban J connectivity index is 2.05. The molecule has 2 aromatic carbocycles. The first-order valence-corrected chi connectivity index (χ1v) is 7.91. The van der Waals surface area contributed by atoms with Crippen LogP contribution in [0.1, 0.15) is 22.3 Å². The van der Waals surface area contributed by atoms with Crippen LogP contribution in [0.4, 0.5) is 10.5 Å². The van der Waals surface area contributed by atoms with Crippen LogP contribution in [0, 0.1) is 20.8 Å². The van der Waals surface area contributed by atoms with Crippen LogP contribution in [0.3, 0.4) is 0 Å². The number of benzene rings is 2. The second-order valence-electron chi connectivity index (χ2n) is 6.22. The number of urea groups is 1. The van der Waals surface area contributed by atoms with Gasteiger partial charge in [0.1, 0.15) is 5.57 Å². The third-order valence-corrected chi connectivity index (χ3v) is 3.92. The van der Waals surface area contributed by atoms with E-state index in [-0.39, 0.29) is 5.57 Å². The Hall–Kier alpha value is -3.21. The lowest BCUT2D eigenvalue weighted by molar-refractivity contribution is -0.122. The van der Waals surface area contributed by atoms with E-state index in [0.29, 0.717) is 5.69 Å². The Morgan fingerprint density at radius 1 is 0.880 bits per heavy atom. The maximum Gasteiger partial charge on any atom is 0.335 e. The van der Waals surface area contributed by atoms with Gasteiger partial charge in [-0.1, -0.05) is 35.9 Å². The molecular formula is C20H18N2O3. The van der Waals surface area contributed by atoms with Crippen molar-refractivity contribution >= 4 is 29.6 Å². The molecule has 126 valence electrons. The van der Waals surface area contributed by atoms with E-state index < -0.39 is 17.8 Å². The number of imide groups is 2. The van der Waals surface area contributed by atoms with Crippen LogP contribution in [0.2, 0.25) is 0 Å². The molecule has 1 N–H and O–H groups in total. The SMILES string of the molecule is Cc1cccc(/C=C2\C(=O)NC(=O)N(c3cc(C)cc(C)c3)C2=O)c1. The number of hydrogen-bond donors (Lipinski definition) is 1. The van der Waals surface area contributed by atoms with Crippen molar-refractivity contribution in [2.24, 2.45) is 0 Å². The molecule has 0 saturated carbocycles. The van der Waals surface area contributed by atoms with Gasteiger partial charge >= 0.3 is 6.03 Å². The Morgan fingerprint density at radius 3 is 2.20 bits per heavy atom. The number of anilines is 1. The van der Waals surface area contributed by atoms with Crippen LogP contribution < -0.4 is 10.2 Å². The average molecular weight is 334 g/mol. The van der Waals surface area contributed by atoms with E-state index in [1.165, 1.54) is 6.08 Å². The molecule has 0 unspecified atom stereocenters. The molecule has 1 aliphatic heterocycles. The van der Waals surface area contributed by atoms with Crippen molar-refractivity contribution in [3.63, 3.8) is 0 Å². The summed E-state index contributed by atoms with van der Waals surface area (Å²) in [6, 6.07) is 12.1. The van der Waals surface area contributed by atoms with E-state index in [1.807, 2.05) is 45.0 Å². The van der Waals surface area contributed by atoms with Crippen molar-refractivity contribution in [2.45, 2.75) is 20.8 Å². The molecule has 0 aliphatic carbocycles. The van der Waals surface area contributed by atoms with Gasteiger partial charge in [-0.15, -0.1) is 0 Å². The minimum Gasteiger partial charge on any atom is -0.273 e. The number of barbiturate groups is 1. The summed E-state index contributed by atoms with van der Waals surface area (Å²) in [5.41, 5.74) is 3.98. The van der Waals surface area contributed by atoms with Crippen molar-refractivity contribution in [3.8, 4) is 0 Å². The van der Waals surface area contributed by atoms with Crippen LogP contribution in [-0.2, 0) is 9.59 Å². The highest BCUT2D eigenvalue weighted by Gasteiger charge is 2.36. The molecule has 5 heteroatoms. The number of hydrogen-bond acceptors (Lipinski definition) is 3. The van der Waals surface area contributed by atoms with E-state index in [4.69, 9.17) is 0 Å². The van der Waals surface area contributed by atoms with E-state index in [0.717, 1.165) is 27.2 Å². The predicted octanol–water partition coefficient (Wildman–Crippen LogP) is 3.28. The highest BCUT2D eigenvalue weighted by Crippen LogP contribution is 2.24. The summed E-state index contributed by atoms with van der Waals surface area (Å²) in [4.78, 5) is 38.2. The molecule has 1 fully saturated rings. The van der Waals surface area contributed by atoms with Crippen LogP contribution in [0.25, 0.3) is 6.08 Å². The van der Waals surface area contributed by atoms with E-state index in [2.05, 4.69) is 5.32 Å². The van der Waals surface area contributed by atoms with Gasteiger partial charge in [0, 0.05) is 0 Å². The largest absolute Gasteiger partial charge is 0.335 e. The summed E-state index contributed by atoms with van der Waals surface area (Å²) in [6.45, 7) is 5.70. The molecule has 0 radical (unpaired) electrons. The standard InChI is InChI=1S/C20H18N2O3/c1-12-5-4-6-15(8-12)11-17-18(23)21-20(25)22(19(17)24)16-9-13(2)7-14(3)10-16/h4-11H,1-3H3,(H,21,23,25)/b17-11+. The molecule has 25 heavy (non-hydrogen) atoms. The van der Waals surface area contributed by atoms with Gasteiger partial charge in [-0.25, -0.2) is 9.69 Å². The third-order valence-electron chi connectivity index (χ3n) is 3.92. The first-order valence-electron chi connectivity index (χ1n) is 7.91. The van der Waals surface area contributed by atoms with Gasteiger partial charge in [-0.2, -0.15) is 0 Å². The van der Waals surface area contributed by atoms with Crippen LogP contribution in [0.15, 0.2) is 48.0 Å². The van der Waals surface area contributed by atoms with E-state index in [9.17, 15) is 14.4 Å². The summed E-state index contributed by atoms with van der Waals surface area (Å²) in [5, 5.41) is 2.24. The topological polar surface area (TPSA) is 66.5 Å². The Bertz CT molecular complexity index is 908. The Kier molecular flexibility index (Phi) is 4.23. The lowest BCUT2D eigenvalue weighted by atomic mass is 10.0. The normalized spacial score (nSPS) is 16.4. The fraction of sp³-hybridized carbons (Fsp3) is 0.150. The van der Waals surface area contributed by atoms with Gasteiger partial charge in [0.25, 0.3) is 11.8 Å². The molecule has 3 rings (SSSR count). The van der Waals surface area contributed by atoms with Gasteiger partial charge in [0.15, 0.2) is 0 Å². The molecule has 0 spiro atoms. The zero-order chi connectivity index (χ0) is 18.1. The molecule has 1 aliphatic rings. The van der Waals surface area contributed by atoms with Gasteiger partial charge in [-0.3, -0.25) is 14.9 Å². The summed E-state index contributed by atoms with van der Waals surface area (Å²) >= 11 is 0. The second-order valence-corrected chi connectivity index (χ2v) is 6.22. The highest BCUT2D eigenvalue weighted by atomic mass is 16.2. The molecule has 0 atom stereocenters. The smallest absolute Gasteiger partial charge is 0.273 e. The zero-order valence-electron chi connectivity index (χ0n) is 14.3. The van der Waals surface area contributed by atoms with Crippen LogP contribution >= 0.6 is 0 Å². The number of carbonyl (C=O) groups is 3. The van der Waals surface area contributed by atoms with Crippen molar-refractivity contribution in [1.82, 2.24) is 5.32 Å². The molecule has 2 aromatic rings. The minimum atomic E-state index is -0.735. The molecule has 1 saturated heterocycles. The molecule has 0 bridgehead atoms. The van der Waals surface area contributed by atoms with Crippen molar-refractivity contribution in [1.29, 1.82) is 0 Å². The van der Waals surface area contributed by atoms with Crippen LogP contribution in [-0.4, -0.2) is 17.8 Å². The number of nitrogens with one attached hydrogen (secondary N) is 1. The highest BCUT2D eigenvalue weighted by molar-refractivity contribution is 6.39. The Morgan fingerprint density at radius 2 is 1.56 bits per heavy atom. The number of amides is 4. The minimum absolute atomic E-state index is 0.0654. The fourth-order valence-corrected chi connectivity index (χ4v) is 2.90. The third kappa shape index (κ3) is 3.35. The average Bonchev–Trinajstić information content (AvgIpc) is 2.50. The lowest BCUT2D eigenvalue weighted by Gasteiger charge is -2.27. The van der Waals surface area contributed by atoms with Crippen LogP contribution in [0.5, 0.6) is 0 Å². The maximum absolute atomic E-state index is 12.8. The van der Waals surface area contributed by atoms with Gasteiger partial charge < -0.3 is 0 Å². The van der Waals surface area contributed by atoms with E-state index in [1.54, 1.807) is 18.2 Å². The number of carbonyl (C=O) groups excluding carboxylic acids is 3. The van der Waals surface area contributed by atoms with Crippen molar-refractivity contribution < 1.29 is 14.4 Å². The van der Waals surface area contributed by atoms with Gasteiger partial charge in [0.2, 0.25) is 0 Å². The van der Waals surface area contributed by atoms with Crippen molar-refractivity contribution in [3.05, 3.63) is 70.3 Å². The van der Waals surface area contributed by atoms with Crippen molar-refractivity contribution in [2.75, 3.05) is 4.90 Å². The lowest BCUT2D eigenvalue weighted by Crippen LogP contribution is -2.54. The first kappa shape index (κ1) is 16.6. The molecule has 4 amide bonds. The molecule has 0 aromatic heterocycles. The predicted molar refractivity (Wildman–Crippen MR) is 96.1 cm³/mol. The Labute approximate surface area is 146 Å². The molecule has 1 heterocycles.